The van der Waals surface area contributed by atoms with E-state index in [0.29, 0.717) is 35.9 Å². The Morgan fingerprint density at radius 1 is 1.04 bits per heavy atom. The smallest absolute Gasteiger partial charge is 0.256 e. The van der Waals surface area contributed by atoms with E-state index in [0.717, 1.165) is 0 Å². The maximum absolute atomic E-state index is 12.9. The van der Waals surface area contributed by atoms with E-state index in [1.165, 1.54) is 9.80 Å². The molecule has 2 aliphatic heterocycles. The second-order valence-corrected chi connectivity index (χ2v) is 6.15. The molecule has 4 rings (SSSR count). The summed E-state index contributed by atoms with van der Waals surface area (Å²) in [6.07, 6.45) is -0.317. The molecule has 1 unspecified atom stereocenters. The van der Waals surface area contributed by atoms with Gasteiger partial charge in [0.25, 0.3) is 5.91 Å². The molecule has 2 aromatic rings. The molecule has 2 aromatic carbocycles. The highest BCUT2D eigenvalue weighted by Gasteiger charge is 2.32. The fraction of sp³-hybridized carbons (Fsp3) is 0.263. The van der Waals surface area contributed by atoms with E-state index in [1.807, 2.05) is 30.3 Å². The van der Waals surface area contributed by atoms with Gasteiger partial charge in [0.2, 0.25) is 5.91 Å². The van der Waals surface area contributed by atoms with Crippen LogP contribution in [0.1, 0.15) is 10.4 Å². The number of benzene rings is 2. The second-order valence-electron chi connectivity index (χ2n) is 6.15. The summed E-state index contributed by atoms with van der Waals surface area (Å²) in [5.74, 6) is 1.05. The molecule has 0 bridgehead atoms. The monoisotopic (exact) mass is 338 g/mol. The number of amides is 2. The lowest BCUT2D eigenvalue weighted by molar-refractivity contribution is -0.119. The van der Waals surface area contributed by atoms with Crippen molar-refractivity contribution >= 4 is 17.5 Å². The van der Waals surface area contributed by atoms with Gasteiger partial charge in [0.05, 0.1) is 17.8 Å². The van der Waals surface area contributed by atoms with Crippen molar-refractivity contribution in [2.45, 2.75) is 6.10 Å². The number of anilines is 1. The fourth-order valence-electron chi connectivity index (χ4n) is 3.14. The molecular formula is C19H18N2O4. The first-order chi connectivity index (χ1) is 12.1. The van der Waals surface area contributed by atoms with E-state index in [9.17, 15) is 9.59 Å². The zero-order valence-corrected chi connectivity index (χ0v) is 13.8. The van der Waals surface area contributed by atoms with Gasteiger partial charge in [0, 0.05) is 7.05 Å². The molecule has 0 saturated carbocycles. The summed E-state index contributed by atoms with van der Waals surface area (Å²) in [7, 11) is 1.69. The number of carbonyl (C=O) groups excluding carboxylic acids is 2. The topological polar surface area (TPSA) is 59.1 Å². The molecule has 2 aliphatic rings. The number of carbonyl (C=O) groups is 2. The molecule has 128 valence electrons. The van der Waals surface area contributed by atoms with Gasteiger partial charge in [-0.3, -0.25) is 9.59 Å². The number of likely N-dealkylation sites (N-methyl/N-ethyl adjacent to an activating group) is 1. The van der Waals surface area contributed by atoms with Crippen molar-refractivity contribution in [3.8, 4) is 11.5 Å². The quantitative estimate of drug-likeness (QED) is 0.840. The van der Waals surface area contributed by atoms with E-state index in [-0.39, 0.29) is 24.5 Å². The molecule has 0 radical (unpaired) electrons. The van der Waals surface area contributed by atoms with Crippen molar-refractivity contribution < 1.29 is 19.1 Å². The fourth-order valence-corrected chi connectivity index (χ4v) is 3.14. The van der Waals surface area contributed by atoms with Gasteiger partial charge < -0.3 is 19.3 Å². The van der Waals surface area contributed by atoms with Crippen LogP contribution in [0.5, 0.6) is 11.5 Å². The van der Waals surface area contributed by atoms with Crippen LogP contribution in [0.3, 0.4) is 0 Å². The zero-order chi connectivity index (χ0) is 17.4. The summed E-state index contributed by atoms with van der Waals surface area (Å²) in [5, 5.41) is 0. The third-order valence-corrected chi connectivity index (χ3v) is 4.47. The minimum absolute atomic E-state index is 0.0194. The van der Waals surface area contributed by atoms with E-state index in [1.54, 1.807) is 25.2 Å². The minimum atomic E-state index is -0.317. The molecule has 2 heterocycles. The van der Waals surface area contributed by atoms with Crippen molar-refractivity contribution in [2.75, 3.05) is 31.6 Å². The Bertz CT molecular complexity index is 836. The molecule has 6 heteroatoms. The van der Waals surface area contributed by atoms with Gasteiger partial charge in [0.1, 0.15) is 13.2 Å². The van der Waals surface area contributed by atoms with Gasteiger partial charge in [-0.25, -0.2) is 0 Å². The summed E-state index contributed by atoms with van der Waals surface area (Å²) in [6, 6.07) is 14.6. The van der Waals surface area contributed by atoms with Crippen LogP contribution in [0, 0.1) is 0 Å². The van der Waals surface area contributed by atoms with Crippen molar-refractivity contribution in [1.82, 2.24) is 4.90 Å². The van der Waals surface area contributed by atoms with Crippen molar-refractivity contribution in [3.05, 3.63) is 54.1 Å². The average Bonchev–Trinajstić information content (AvgIpc) is 2.73. The number of rotatable bonds is 2. The van der Waals surface area contributed by atoms with Gasteiger partial charge in [-0.05, 0) is 24.3 Å². The standard InChI is InChI=1S/C19H18N2O4/c1-20-15-7-3-2-6-14(15)19(23)21(11-18(20)22)10-13-12-24-16-8-4-5-9-17(16)25-13/h2-9,13H,10-12H2,1H3. The van der Waals surface area contributed by atoms with Crippen molar-refractivity contribution in [1.29, 1.82) is 0 Å². The predicted octanol–water partition coefficient (Wildman–Crippen LogP) is 1.95. The first kappa shape index (κ1) is 15.5. The predicted molar refractivity (Wildman–Crippen MR) is 92.1 cm³/mol. The summed E-state index contributed by atoms with van der Waals surface area (Å²) in [5.41, 5.74) is 1.15. The molecule has 0 aliphatic carbocycles. The molecule has 0 fully saturated rings. The molecule has 1 atom stereocenters. The number of ether oxygens (including phenoxy) is 2. The molecule has 25 heavy (non-hydrogen) atoms. The Morgan fingerprint density at radius 2 is 1.76 bits per heavy atom. The first-order valence-electron chi connectivity index (χ1n) is 8.17. The Balaban J connectivity index is 1.57. The lowest BCUT2D eigenvalue weighted by atomic mass is 10.1. The number of hydrogen-bond acceptors (Lipinski definition) is 4. The van der Waals surface area contributed by atoms with Crippen molar-refractivity contribution in [2.24, 2.45) is 0 Å². The number of para-hydroxylation sites is 3. The summed E-state index contributed by atoms with van der Waals surface area (Å²) >= 11 is 0. The van der Waals surface area contributed by atoms with Crippen LogP contribution < -0.4 is 14.4 Å². The van der Waals surface area contributed by atoms with Gasteiger partial charge in [0.15, 0.2) is 17.6 Å². The lowest BCUT2D eigenvalue weighted by Crippen LogP contribution is -2.46. The summed E-state index contributed by atoms with van der Waals surface area (Å²) in [4.78, 5) is 28.4. The van der Waals surface area contributed by atoms with Crippen LogP contribution in [-0.2, 0) is 4.79 Å². The Morgan fingerprint density at radius 3 is 2.60 bits per heavy atom. The Labute approximate surface area is 145 Å². The van der Waals surface area contributed by atoms with Crippen LogP contribution in [0.25, 0.3) is 0 Å². The highest BCUT2D eigenvalue weighted by Crippen LogP contribution is 2.31. The highest BCUT2D eigenvalue weighted by molar-refractivity contribution is 6.09. The lowest BCUT2D eigenvalue weighted by Gasteiger charge is -2.30. The molecule has 0 saturated heterocycles. The van der Waals surface area contributed by atoms with Crippen molar-refractivity contribution in [3.63, 3.8) is 0 Å². The summed E-state index contributed by atoms with van der Waals surface area (Å²) < 4.78 is 11.6. The van der Waals surface area contributed by atoms with Crippen LogP contribution in [0.2, 0.25) is 0 Å². The van der Waals surface area contributed by atoms with Gasteiger partial charge >= 0.3 is 0 Å². The van der Waals surface area contributed by atoms with E-state index in [2.05, 4.69) is 0 Å². The zero-order valence-electron chi connectivity index (χ0n) is 13.8. The maximum Gasteiger partial charge on any atom is 0.256 e. The number of nitrogens with zero attached hydrogens (tertiary/aromatic N) is 2. The van der Waals surface area contributed by atoms with Crippen LogP contribution in [0.15, 0.2) is 48.5 Å². The third-order valence-electron chi connectivity index (χ3n) is 4.47. The third kappa shape index (κ3) is 2.80. The molecule has 6 nitrogen and oxygen atoms in total. The Hall–Kier alpha value is -3.02. The van der Waals surface area contributed by atoms with E-state index < -0.39 is 0 Å². The maximum atomic E-state index is 12.9. The second kappa shape index (κ2) is 6.12. The molecule has 2 amide bonds. The molecule has 0 aromatic heterocycles. The highest BCUT2D eigenvalue weighted by atomic mass is 16.6. The molecule has 0 N–H and O–H groups in total. The van der Waals surface area contributed by atoms with Gasteiger partial charge in [-0.15, -0.1) is 0 Å². The normalized spacial score (nSPS) is 19.5. The average molecular weight is 338 g/mol. The SMILES string of the molecule is CN1C(=O)CN(CC2COc3ccccc3O2)C(=O)c2ccccc21. The number of hydrogen-bond donors (Lipinski definition) is 0. The molecular weight excluding hydrogens is 320 g/mol. The molecule has 0 spiro atoms. The largest absolute Gasteiger partial charge is 0.486 e. The Kier molecular flexibility index (Phi) is 3.80. The first-order valence-corrected chi connectivity index (χ1v) is 8.17. The van der Waals surface area contributed by atoms with Gasteiger partial charge in [-0.2, -0.15) is 0 Å². The van der Waals surface area contributed by atoms with Crippen LogP contribution >= 0.6 is 0 Å². The van der Waals surface area contributed by atoms with Crippen LogP contribution in [0.4, 0.5) is 5.69 Å². The van der Waals surface area contributed by atoms with E-state index >= 15 is 0 Å². The number of fused-ring (bicyclic) bond motifs is 2. The van der Waals surface area contributed by atoms with E-state index in [4.69, 9.17) is 9.47 Å². The summed E-state index contributed by atoms with van der Waals surface area (Å²) in [6.45, 7) is 0.652. The van der Waals surface area contributed by atoms with Gasteiger partial charge in [-0.1, -0.05) is 24.3 Å². The van der Waals surface area contributed by atoms with Crippen LogP contribution in [-0.4, -0.2) is 49.6 Å². The minimum Gasteiger partial charge on any atom is -0.486 e.